The summed E-state index contributed by atoms with van der Waals surface area (Å²) in [5, 5.41) is 3.45. The third-order valence-corrected chi connectivity index (χ3v) is 3.25. The Morgan fingerprint density at radius 1 is 1.50 bits per heavy atom. The highest BCUT2D eigenvalue weighted by Gasteiger charge is 2.12. The van der Waals surface area contributed by atoms with Gasteiger partial charge in [0, 0.05) is 6.54 Å². The fourth-order valence-electron chi connectivity index (χ4n) is 1.44. The highest BCUT2D eigenvalue weighted by Crippen LogP contribution is 2.21. The number of thioether (sulfide) groups is 1. The van der Waals surface area contributed by atoms with E-state index in [1.807, 2.05) is 0 Å². The summed E-state index contributed by atoms with van der Waals surface area (Å²) in [5.74, 6) is 3.64. The van der Waals surface area contributed by atoms with Gasteiger partial charge in [-0.3, -0.25) is 0 Å². The van der Waals surface area contributed by atoms with Crippen LogP contribution in [0.2, 0.25) is 0 Å². The van der Waals surface area contributed by atoms with Crippen molar-refractivity contribution in [3.63, 3.8) is 0 Å². The van der Waals surface area contributed by atoms with Crippen molar-refractivity contribution in [2.45, 2.75) is 19.8 Å². The van der Waals surface area contributed by atoms with Crippen LogP contribution < -0.4 is 5.32 Å². The Morgan fingerprint density at radius 3 is 2.75 bits per heavy atom. The van der Waals surface area contributed by atoms with Crippen molar-refractivity contribution in [3.05, 3.63) is 12.2 Å². The summed E-state index contributed by atoms with van der Waals surface area (Å²) in [6, 6.07) is 0. The molecule has 1 aliphatic heterocycles. The summed E-state index contributed by atoms with van der Waals surface area (Å²) >= 11 is 2.09. The Kier molecular flexibility index (Phi) is 4.77. The minimum absolute atomic E-state index is 0.922. The minimum atomic E-state index is 0.922. The van der Waals surface area contributed by atoms with Crippen LogP contribution in [0.5, 0.6) is 0 Å². The zero-order valence-corrected chi connectivity index (χ0v) is 8.75. The predicted molar refractivity (Wildman–Crippen MR) is 57.7 cm³/mol. The minimum Gasteiger partial charge on any atom is -0.313 e. The van der Waals surface area contributed by atoms with E-state index in [-0.39, 0.29) is 0 Å². The summed E-state index contributed by atoms with van der Waals surface area (Å²) < 4.78 is 0. The third-order valence-electron chi connectivity index (χ3n) is 2.20. The molecule has 1 heterocycles. The van der Waals surface area contributed by atoms with Gasteiger partial charge in [-0.15, -0.1) is 0 Å². The second kappa shape index (κ2) is 5.65. The van der Waals surface area contributed by atoms with Crippen LogP contribution in [0.1, 0.15) is 19.8 Å². The van der Waals surface area contributed by atoms with Gasteiger partial charge < -0.3 is 5.32 Å². The van der Waals surface area contributed by atoms with Crippen LogP contribution in [0.4, 0.5) is 0 Å². The molecule has 0 aromatic rings. The number of rotatable bonds is 4. The lowest BCUT2D eigenvalue weighted by Gasteiger charge is -2.21. The van der Waals surface area contributed by atoms with Crippen molar-refractivity contribution in [2.24, 2.45) is 5.92 Å². The Bertz CT molecular complexity index is 139. The molecule has 1 saturated heterocycles. The molecule has 1 N–H and O–H groups in total. The number of hydrogen-bond acceptors (Lipinski definition) is 2. The number of nitrogens with one attached hydrogen (secondary N) is 1. The van der Waals surface area contributed by atoms with Gasteiger partial charge in [-0.2, -0.15) is 11.8 Å². The maximum atomic E-state index is 3.87. The summed E-state index contributed by atoms with van der Waals surface area (Å²) in [4.78, 5) is 0. The zero-order chi connectivity index (χ0) is 8.81. The van der Waals surface area contributed by atoms with Gasteiger partial charge in [0.15, 0.2) is 0 Å². The highest BCUT2D eigenvalue weighted by molar-refractivity contribution is 7.99. The Morgan fingerprint density at radius 2 is 2.17 bits per heavy atom. The first kappa shape index (κ1) is 10.1. The lowest BCUT2D eigenvalue weighted by atomic mass is 10.0. The maximum Gasteiger partial charge on any atom is 0.0159 e. The zero-order valence-electron chi connectivity index (χ0n) is 7.94. The largest absolute Gasteiger partial charge is 0.313 e. The van der Waals surface area contributed by atoms with E-state index in [2.05, 4.69) is 30.6 Å². The van der Waals surface area contributed by atoms with E-state index in [1.54, 1.807) is 0 Å². The molecule has 0 radical (unpaired) electrons. The van der Waals surface area contributed by atoms with Gasteiger partial charge in [-0.25, -0.2) is 0 Å². The van der Waals surface area contributed by atoms with Gasteiger partial charge in [-0.05, 0) is 43.7 Å². The maximum absolute atomic E-state index is 3.87. The van der Waals surface area contributed by atoms with Crippen molar-refractivity contribution in [3.8, 4) is 0 Å². The van der Waals surface area contributed by atoms with Crippen LogP contribution in [0.15, 0.2) is 12.2 Å². The van der Waals surface area contributed by atoms with Gasteiger partial charge in [0.25, 0.3) is 0 Å². The number of hydrogen-bond donors (Lipinski definition) is 1. The van der Waals surface area contributed by atoms with Gasteiger partial charge in [0.05, 0.1) is 0 Å². The molecule has 2 heteroatoms. The first-order chi connectivity index (χ1) is 5.79. The fourth-order valence-corrected chi connectivity index (χ4v) is 2.64. The van der Waals surface area contributed by atoms with E-state index in [4.69, 9.17) is 0 Å². The van der Waals surface area contributed by atoms with E-state index in [9.17, 15) is 0 Å². The molecular weight excluding hydrogens is 166 g/mol. The molecule has 0 spiro atoms. The van der Waals surface area contributed by atoms with Gasteiger partial charge in [0.2, 0.25) is 0 Å². The summed E-state index contributed by atoms with van der Waals surface area (Å²) in [7, 11) is 0. The van der Waals surface area contributed by atoms with E-state index < -0.39 is 0 Å². The second-order valence-corrected chi connectivity index (χ2v) is 4.87. The van der Waals surface area contributed by atoms with E-state index in [0.717, 1.165) is 12.5 Å². The van der Waals surface area contributed by atoms with Crippen LogP contribution in [-0.4, -0.2) is 24.6 Å². The van der Waals surface area contributed by atoms with Crippen LogP contribution >= 0.6 is 11.8 Å². The molecular formula is C10H19NS. The van der Waals surface area contributed by atoms with Crippen molar-refractivity contribution in [1.82, 2.24) is 5.32 Å². The van der Waals surface area contributed by atoms with Crippen LogP contribution in [0.25, 0.3) is 0 Å². The van der Waals surface area contributed by atoms with Gasteiger partial charge in [0.1, 0.15) is 0 Å². The van der Waals surface area contributed by atoms with E-state index >= 15 is 0 Å². The normalized spacial score (nSPS) is 19.4. The fraction of sp³-hybridized carbons (Fsp3) is 0.800. The first-order valence-corrected chi connectivity index (χ1v) is 5.87. The topological polar surface area (TPSA) is 12.0 Å². The molecule has 0 aliphatic carbocycles. The molecule has 1 fully saturated rings. The molecule has 1 aliphatic rings. The molecule has 1 nitrogen and oxygen atoms in total. The first-order valence-electron chi connectivity index (χ1n) is 4.72. The molecule has 0 aromatic carbocycles. The van der Waals surface area contributed by atoms with Crippen molar-refractivity contribution in [1.29, 1.82) is 0 Å². The predicted octanol–water partition coefficient (Wildman–Crippen LogP) is 2.30. The molecule has 0 saturated carbocycles. The summed E-state index contributed by atoms with van der Waals surface area (Å²) in [6.45, 7) is 8.12. The van der Waals surface area contributed by atoms with Gasteiger partial charge >= 0.3 is 0 Å². The standard InChI is InChI=1S/C10H19NS/c1-9(2)7-11-8-10-3-5-12-6-4-10/h10-11H,1,3-8H2,2H3. The van der Waals surface area contributed by atoms with Gasteiger partial charge in [-0.1, -0.05) is 12.2 Å². The molecule has 0 atom stereocenters. The Balaban J connectivity index is 2.01. The molecule has 0 amide bonds. The molecule has 12 heavy (non-hydrogen) atoms. The van der Waals surface area contributed by atoms with Crippen molar-refractivity contribution >= 4 is 11.8 Å². The van der Waals surface area contributed by atoms with Crippen molar-refractivity contribution < 1.29 is 0 Å². The third kappa shape index (κ3) is 4.17. The van der Waals surface area contributed by atoms with Crippen LogP contribution in [0, 0.1) is 5.92 Å². The Hall–Kier alpha value is 0.0500. The average molecular weight is 185 g/mol. The molecule has 1 rings (SSSR count). The van der Waals surface area contributed by atoms with Crippen LogP contribution in [-0.2, 0) is 0 Å². The smallest absolute Gasteiger partial charge is 0.0159 e. The molecule has 0 unspecified atom stereocenters. The lowest BCUT2D eigenvalue weighted by Crippen LogP contribution is -2.26. The molecule has 0 bridgehead atoms. The molecule has 0 aromatic heterocycles. The Labute approximate surface area is 80.0 Å². The monoisotopic (exact) mass is 185 g/mol. The van der Waals surface area contributed by atoms with E-state index in [1.165, 1.54) is 36.5 Å². The lowest BCUT2D eigenvalue weighted by molar-refractivity contribution is 0.457. The van der Waals surface area contributed by atoms with E-state index in [0.29, 0.717) is 0 Å². The summed E-state index contributed by atoms with van der Waals surface area (Å²) in [5.41, 5.74) is 1.24. The van der Waals surface area contributed by atoms with Crippen molar-refractivity contribution in [2.75, 3.05) is 24.6 Å². The second-order valence-electron chi connectivity index (χ2n) is 3.64. The highest BCUT2D eigenvalue weighted by atomic mass is 32.2. The van der Waals surface area contributed by atoms with Crippen LogP contribution in [0.3, 0.4) is 0 Å². The SMILES string of the molecule is C=C(C)CNCC1CCSCC1. The quantitative estimate of drug-likeness (QED) is 0.674. The molecule has 70 valence electrons. The average Bonchev–Trinajstić information content (AvgIpc) is 2.05. The summed E-state index contributed by atoms with van der Waals surface area (Å²) in [6.07, 6.45) is 2.79.